The summed E-state index contributed by atoms with van der Waals surface area (Å²) >= 11 is 0. The van der Waals surface area contributed by atoms with E-state index < -0.39 is 14.5 Å². The van der Waals surface area contributed by atoms with Crippen molar-refractivity contribution in [3.8, 4) is 5.75 Å². The fourth-order valence-corrected chi connectivity index (χ4v) is 8.70. The molecule has 0 aromatic heterocycles. The van der Waals surface area contributed by atoms with E-state index in [1.54, 1.807) is 49.4 Å². The number of methoxy groups -OCH3 is 1. The van der Waals surface area contributed by atoms with Gasteiger partial charge >= 0.3 is 0 Å². The van der Waals surface area contributed by atoms with E-state index in [0.717, 1.165) is 11.1 Å². The summed E-state index contributed by atoms with van der Waals surface area (Å²) in [5.41, 5.74) is 2.92. The highest BCUT2D eigenvalue weighted by atomic mass is 28.4. The van der Waals surface area contributed by atoms with Gasteiger partial charge < -0.3 is 28.9 Å². The molecular weight excluding hydrogens is 563 g/mol. The molecule has 1 fully saturated rings. The molecule has 0 spiro atoms. The first-order chi connectivity index (χ1) is 20.6. The van der Waals surface area contributed by atoms with Crippen LogP contribution in [0.2, 0.25) is 18.6 Å². The Labute approximate surface area is 255 Å². The van der Waals surface area contributed by atoms with Crippen LogP contribution in [-0.2, 0) is 22.5 Å². The molecule has 230 valence electrons. The van der Waals surface area contributed by atoms with Crippen molar-refractivity contribution in [1.82, 2.24) is 4.90 Å². The molecule has 9 heteroatoms. The van der Waals surface area contributed by atoms with Gasteiger partial charge in [0.25, 0.3) is 5.91 Å². The lowest BCUT2D eigenvalue weighted by Gasteiger charge is -2.30. The molecule has 1 aliphatic heterocycles. The van der Waals surface area contributed by atoms with E-state index in [1.165, 1.54) is 0 Å². The largest absolute Gasteiger partial charge is 0.497 e. The van der Waals surface area contributed by atoms with E-state index in [1.807, 2.05) is 61.5 Å². The second-order valence-electron chi connectivity index (χ2n) is 11.8. The standard InChI is InChI=1S/C34H43FN2O5Si/c1-24-30(18-13-25-11-8-12-28(21-25)36-34(40)27-14-16-29(41-2)17-15-27)42-31(33(24)43(3,4)35)22-32(39)37(19-20-38)23-26-9-6-5-7-10-26/h5-12,14-17,21,24,30-31,33,38H,13,18-20,22-23H2,1-4H3,(H,36,40)/t24-,30+,31-,33+/m0/s1. The van der Waals surface area contributed by atoms with E-state index in [0.29, 0.717) is 36.4 Å². The van der Waals surface area contributed by atoms with Gasteiger partial charge in [-0.15, -0.1) is 0 Å². The van der Waals surface area contributed by atoms with Crippen molar-refractivity contribution in [2.24, 2.45) is 5.92 Å². The van der Waals surface area contributed by atoms with Crippen LogP contribution in [-0.4, -0.2) is 62.7 Å². The van der Waals surface area contributed by atoms with Crippen molar-refractivity contribution in [1.29, 1.82) is 0 Å². The number of carbonyl (C=O) groups is 2. The summed E-state index contributed by atoms with van der Waals surface area (Å²) in [6, 6.07) is 24.3. The molecule has 0 radical (unpaired) electrons. The second kappa shape index (κ2) is 14.8. The van der Waals surface area contributed by atoms with Crippen LogP contribution in [0.5, 0.6) is 5.75 Å². The maximum absolute atomic E-state index is 15.7. The van der Waals surface area contributed by atoms with Crippen LogP contribution in [0.15, 0.2) is 78.9 Å². The van der Waals surface area contributed by atoms with Gasteiger partial charge in [-0.2, -0.15) is 0 Å². The number of carbonyl (C=O) groups excluding carboxylic acids is 2. The summed E-state index contributed by atoms with van der Waals surface area (Å²) in [6.45, 7) is 5.89. The molecule has 0 aliphatic carbocycles. The zero-order valence-electron chi connectivity index (χ0n) is 25.5. The topological polar surface area (TPSA) is 88.1 Å². The average molecular weight is 607 g/mol. The Hall–Kier alpha value is -3.53. The summed E-state index contributed by atoms with van der Waals surface area (Å²) in [5.74, 6) is 0.298. The number of nitrogens with one attached hydrogen (secondary N) is 1. The van der Waals surface area contributed by atoms with Crippen LogP contribution in [0.4, 0.5) is 9.80 Å². The van der Waals surface area contributed by atoms with Crippen molar-refractivity contribution in [2.75, 3.05) is 25.6 Å². The lowest BCUT2D eigenvalue weighted by Crippen LogP contribution is -2.40. The van der Waals surface area contributed by atoms with Crippen LogP contribution >= 0.6 is 0 Å². The highest BCUT2D eigenvalue weighted by molar-refractivity contribution is 6.72. The normalized spacial score (nSPS) is 20.0. The summed E-state index contributed by atoms with van der Waals surface area (Å²) in [7, 11) is -1.58. The molecule has 0 unspecified atom stereocenters. The highest BCUT2D eigenvalue weighted by Crippen LogP contribution is 2.47. The van der Waals surface area contributed by atoms with E-state index in [9.17, 15) is 14.7 Å². The maximum atomic E-state index is 15.7. The number of hydrogen-bond acceptors (Lipinski definition) is 5. The average Bonchev–Trinajstić information content (AvgIpc) is 3.31. The number of amides is 2. The Morgan fingerprint density at radius 1 is 1.00 bits per heavy atom. The van der Waals surface area contributed by atoms with Crippen molar-refractivity contribution >= 4 is 25.9 Å². The van der Waals surface area contributed by atoms with Gasteiger partial charge in [-0.05, 0) is 79.4 Å². The molecule has 7 nitrogen and oxygen atoms in total. The van der Waals surface area contributed by atoms with Gasteiger partial charge in [0.05, 0.1) is 32.3 Å². The summed E-state index contributed by atoms with van der Waals surface area (Å²) in [4.78, 5) is 27.8. The Balaban J connectivity index is 1.39. The zero-order chi connectivity index (χ0) is 31.0. The van der Waals surface area contributed by atoms with Gasteiger partial charge in [-0.25, -0.2) is 0 Å². The minimum Gasteiger partial charge on any atom is -0.497 e. The zero-order valence-corrected chi connectivity index (χ0v) is 26.5. The van der Waals surface area contributed by atoms with Crippen LogP contribution in [0.25, 0.3) is 0 Å². The van der Waals surface area contributed by atoms with Crippen molar-refractivity contribution in [2.45, 2.75) is 63.6 Å². The maximum Gasteiger partial charge on any atom is 0.255 e. The number of benzene rings is 3. The van der Waals surface area contributed by atoms with E-state index >= 15 is 4.11 Å². The molecule has 2 N–H and O–H groups in total. The number of hydrogen-bond donors (Lipinski definition) is 2. The van der Waals surface area contributed by atoms with Crippen molar-refractivity contribution < 1.29 is 28.3 Å². The third kappa shape index (κ3) is 8.75. The lowest BCUT2D eigenvalue weighted by atomic mass is 9.95. The first kappa shape index (κ1) is 32.4. The summed E-state index contributed by atoms with van der Waals surface area (Å²) < 4.78 is 27.3. The summed E-state index contributed by atoms with van der Waals surface area (Å²) in [5, 5.41) is 12.6. The Morgan fingerprint density at radius 3 is 2.35 bits per heavy atom. The molecule has 43 heavy (non-hydrogen) atoms. The number of nitrogens with zero attached hydrogens (tertiary/aromatic N) is 1. The number of aliphatic hydroxyl groups excluding tert-OH is 1. The fourth-order valence-electron chi connectivity index (χ4n) is 6.15. The van der Waals surface area contributed by atoms with Gasteiger partial charge in [0.15, 0.2) is 0 Å². The van der Waals surface area contributed by atoms with E-state index in [-0.39, 0.29) is 48.9 Å². The SMILES string of the molecule is COc1ccc(C(=O)Nc2cccc(CC[C@H]3O[C@@H](CC(=O)N(CCO)Cc4ccccc4)[C@H]([Si](C)(C)F)[C@H]3C)c2)cc1. The second-order valence-corrected chi connectivity index (χ2v) is 15.6. The molecule has 1 saturated heterocycles. The molecule has 4 rings (SSSR count). The molecule has 3 aromatic rings. The molecule has 4 atom stereocenters. The number of halogens is 1. The van der Waals surface area contributed by atoms with Crippen LogP contribution in [0.3, 0.4) is 0 Å². The Bertz CT molecular complexity index is 1350. The third-order valence-electron chi connectivity index (χ3n) is 8.26. The van der Waals surface area contributed by atoms with Gasteiger partial charge in [0.2, 0.25) is 14.3 Å². The molecule has 3 aromatic carbocycles. The Morgan fingerprint density at radius 2 is 1.70 bits per heavy atom. The highest BCUT2D eigenvalue weighted by Gasteiger charge is 2.51. The minimum absolute atomic E-state index is 0.0390. The van der Waals surface area contributed by atoms with Gasteiger partial charge in [0, 0.05) is 29.9 Å². The predicted octanol–water partition coefficient (Wildman–Crippen LogP) is 6.24. The van der Waals surface area contributed by atoms with Crippen LogP contribution in [0.1, 0.15) is 41.3 Å². The van der Waals surface area contributed by atoms with Crippen LogP contribution in [0, 0.1) is 5.92 Å². The molecular formula is C34H43FN2O5Si. The number of ether oxygens (including phenoxy) is 2. The number of aliphatic hydroxyl groups is 1. The predicted molar refractivity (Wildman–Crippen MR) is 169 cm³/mol. The lowest BCUT2D eigenvalue weighted by molar-refractivity contribution is -0.135. The van der Waals surface area contributed by atoms with E-state index in [4.69, 9.17) is 9.47 Å². The molecule has 0 saturated carbocycles. The number of anilines is 1. The van der Waals surface area contributed by atoms with Gasteiger partial charge in [-0.1, -0.05) is 49.4 Å². The van der Waals surface area contributed by atoms with Gasteiger partial charge in [-0.3, -0.25) is 9.59 Å². The van der Waals surface area contributed by atoms with E-state index in [2.05, 4.69) is 5.32 Å². The first-order valence-corrected chi connectivity index (χ1v) is 17.9. The minimum atomic E-state index is -3.16. The van der Waals surface area contributed by atoms with Gasteiger partial charge in [0.1, 0.15) is 5.75 Å². The van der Waals surface area contributed by atoms with Crippen molar-refractivity contribution in [3.05, 3.63) is 95.6 Å². The number of aryl methyl sites for hydroxylation is 1. The van der Waals surface area contributed by atoms with Crippen LogP contribution < -0.4 is 10.1 Å². The monoisotopic (exact) mass is 606 g/mol. The third-order valence-corrected chi connectivity index (χ3v) is 10.7. The molecule has 1 heterocycles. The fraction of sp³-hybridized carbons (Fsp3) is 0.412. The summed E-state index contributed by atoms with van der Waals surface area (Å²) in [6.07, 6.45) is 0.751. The first-order valence-electron chi connectivity index (χ1n) is 14.9. The molecule has 1 aliphatic rings. The smallest absolute Gasteiger partial charge is 0.255 e. The molecule has 0 bridgehead atoms. The number of rotatable bonds is 13. The van der Waals surface area contributed by atoms with Crippen molar-refractivity contribution in [3.63, 3.8) is 0 Å². The molecule has 2 amide bonds. The quantitative estimate of drug-likeness (QED) is 0.178. The Kier molecular flexibility index (Phi) is 11.1.